The normalized spacial score (nSPS) is 27.0. The van der Waals surface area contributed by atoms with Crippen molar-refractivity contribution in [3.8, 4) is 0 Å². The maximum atomic E-state index is 11.2. The zero-order valence-electron chi connectivity index (χ0n) is 7.72. The second-order valence-corrected chi connectivity index (χ2v) is 3.47. The van der Waals surface area contributed by atoms with Crippen molar-refractivity contribution in [3.05, 3.63) is 34.8 Å². The van der Waals surface area contributed by atoms with Crippen molar-refractivity contribution in [2.45, 2.75) is 0 Å². The molecule has 80 valence electrons. The molecular weight excluding hydrogens is 216 g/mol. The van der Waals surface area contributed by atoms with Crippen LogP contribution in [0.15, 0.2) is 34.8 Å². The van der Waals surface area contributed by atoms with Crippen molar-refractivity contribution >= 4 is 17.9 Å². The summed E-state index contributed by atoms with van der Waals surface area (Å²) in [7, 11) is 0. The van der Waals surface area contributed by atoms with Gasteiger partial charge in [-0.05, 0) is 6.08 Å². The van der Waals surface area contributed by atoms with E-state index in [1.807, 2.05) is 0 Å². The molecule has 0 amide bonds. The first kappa shape index (κ1) is 8.90. The van der Waals surface area contributed by atoms with Crippen molar-refractivity contribution < 1.29 is 29.0 Å². The Morgan fingerprint density at radius 2 is 1.88 bits per heavy atom. The molecule has 0 spiro atoms. The first-order chi connectivity index (χ1) is 7.58. The number of carbonyl (C=O) groups is 3. The van der Waals surface area contributed by atoms with Gasteiger partial charge in [0.1, 0.15) is 5.92 Å². The molecule has 0 aromatic rings. The minimum absolute atomic E-state index is 0.0814. The molecule has 0 aromatic carbocycles. The van der Waals surface area contributed by atoms with Crippen LogP contribution in [0.4, 0.5) is 0 Å². The number of aliphatic hydroxyl groups is 1. The third kappa shape index (κ3) is 0.928. The van der Waals surface area contributed by atoms with Gasteiger partial charge in [0, 0.05) is 0 Å². The molecule has 16 heavy (non-hydrogen) atoms. The molecule has 0 saturated carbocycles. The van der Waals surface area contributed by atoms with E-state index in [0.29, 0.717) is 0 Å². The van der Waals surface area contributed by atoms with Crippen LogP contribution in [-0.2, 0) is 23.9 Å². The van der Waals surface area contributed by atoms with Gasteiger partial charge in [0.2, 0.25) is 0 Å². The second kappa shape index (κ2) is 2.60. The quantitative estimate of drug-likeness (QED) is 0.452. The Kier molecular flexibility index (Phi) is 1.45. The summed E-state index contributed by atoms with van der Waals surface area (Å²) < 4.78 is 8.86. The van der Waals surface area contributed by atoms with E-state index in [9.17, 15) is 19.5 Å². The van der Waals surface area contributed by atoms with E-state index < -0.39 is 29.8 Å². The predicted molar refractivity (Wildman–Crippen MR) is 46.5 cm³/mol. The monoisotopic (exact) mass is 220 g/mol. The molecule has 0 radical (unpaired) electrons. The van der Waals surface area contributed by atoms with Gasteiger partial charge in [-0.1, -0.05) is 6.08 Å². The topological polar surface area (TPSA) is 89.9 Å². The number of aliphatic hydroxyl groups excluding tert-OH is 1. The van der Waals surface area contributed by atoms with E-state index in [1.54, 1.807) is 0 Å². The fourth-order valence-corrected chi connectivity index (χ4v) is 1.82. The van der Waals surface area contributed by atoms with Crippen LogP contribution in [0.1, 0.15) is 0 Å². The largest absolute Gasteiger partial charge is 0.480 e. The van der Waals surface area contributed by atoms with Crippen LogP contribution in [0.2, 0.25) is 0 Å². The van der Waals surface area contributed by atoms with Crippen LogP contribution in [0.5, 0.6) is 0 Å². The Labute approximate surface area is 88.4 Å². The number of ether oxygens (including phenoxy) is 2. The van der Waals surface area contributed by atoms with E-state index in [4.69, 9.17) is 0 Å². The summed E-state index contributed by atoms with van der Waals surface area (Å²) in [6.45, 7) is 0. The highest BCUT2D eigenvalue weighted by atomic mass is 16.6. The van der Waals surface area contributed by atoms with Crippen LogP contribution in [0.3, 0.4) is 0 Å². The van der Waals surface area contributed by atoms with E-state index in [2.05, 4.69) is 9.47 Å². The Balaban J connectivity index is 2.19. The average Bonchev–Trinajstić information content (AvgIpc) is 2.67. The van der Waals surface area contributed by atoms with Gasteiger partial charge in [-0.3, -0.25) is 4.79 Å². The molecule has 1 aliphatic carbocycles. The minimum Gasteiger partial charge on any atom is -0.480 e. The van der Waals surface area contributed by atoms with Gasteiger partial charge >= 0.3 is 17.9 Å². The Bertz CT molecular complexity index is 548. The molecule has 2 aliphatic heterocycles. The highest BCUT2D eigenvalue weighted by molar-refractivity contribution is 6.12. The van der Waals surface area contributed by atoms with Crippen LogP contribution in [-0.4, -0.2) is 23.0 Å². The standard InChI is InChI=1S/C10H4O6/c11-7-3-1-4-6(10(14)16-8(4)12)2-5(3)9(13)15-7/h1-3,14H. The lowest BCUT2D eigenvalue weighted by atomic mass is 9.89. The summed E-state index contributed by atoms with van der Waals surface area (Å²) in [5.41, 5.74) is 0.300. The molecule has 1 saturated heterocycles. The molecule has 1 N–H and O–H groups in total. The second-order valence-electron chi connectivity index (χ2n) is 3.47. The number of esters is 3. The predicted octanol–water partition coefficient (Wildman–Crippen LogP) is -0.121. The van der Waals surface area contributed by atoms with Gasteiger partial charge in [-0.2, -0.15) is 0 Å². The number of fused-ring (bicyclic) bond motifs is 2. The number of rotatable bonds is 0. The number of hydrogen-bond donors (Lipinski definition) is 1. The van der Waals surface area contributed by atoms with Crippen LogP contribution < -0.4 is 0 Å². The van der Waals surface area contributed by atoms with Crippen molar-refractivity contribution in [1.82, 2.24) is 0 Å². The zero-order valence-corrected chi connectivity index (χ0v) is 7.72. The molecule has 1 fully saturated rings. The highest BCUT2D eigenvalue weighted by Crippen LogP contribution is 2.37. The van der Waals surface area contributed by atoms with E-state index >= 15 is 0 Å². The summed E-state index contributed by atoms with van der Waals surface area (Å²) in [5, 5.41) is 9.28. The maximum absolute atomic E-state index is 11.2. The van der Waals surface area contributed by atoms with Crippen LogP contribution in [0.25, 0.3) is 0 Å². The summed E-state index contributed by atoms with van der Waals surface area (Å²) in [6.07, 6.45) is 2.51. The van der Waals surface area contributed by atoms with E-state index in [0.717, 1.165) is 0 Å². The summed E-state index contributed by atoms with van der Waals surface area (Å²) >= 11 is 0. The molecule has 3 aliphatic rings. The molecule has 0 bridgehead atoms. The first-order valence-electron chi connectivity index (χ1n) is 4.43. The Morgan fingerprint density at radius 1 is 1.12 bits per heavy atom. The lowest BCUT2D eigenvalue weighted by Crippen LogP contribution is -2.13. The summed E-state index contributed by atoms with van der Waals surface area (Å²) in [5.74, 6) is -3.65. The number of hydrogen-bond acceptors (Lipinski definition) is 6. The Hall–Kier alpha value is -2.37. The summed E-state index contributed by atoms with van der Waals surface area (Å²) in [6, 6.07) is 0. The number of cyclic esters (lactones) is 3. The van der Waals surface area contributed by atoms with Gasteiger partial charge in [0.05, 0.1) is 16.7 Å². The van der Waals surface area contributed by atoms with Gasteiger partial charge in [0.25, 0.3) is 5.95 Å². The van der Waals surface area contributed by atoms with Gasteiger partial charge < -0.3 is 14.6 Å². The van der Waals surface area contributed by atoms with Crippen LogP contribution >= 0.6 is 0 Å². The Morgan fingerprint density at radius 3 is 2.62 bits per heavy atom. The SMILES string of the molecule is O=C1OC(O)=C2C=C3C(=O)OC(=O)C3C=C12. The number of carbonyl (C=O) groups excluding carboxylic acids is 3. The number of allylic oxidation sites excluding steroid dienone is 1. The summed E-state index contributed by atoms with van der Waals surface area (Å²) in [4.78, 5) is 33.7. The smallest absolute Gasteiger partial charge is 0.346 e. The molecule has 3 rings (SSSR count). The maximum Gasteiger partial charge on any atom is 0.346 e. The van der Waals surface area contributed by atoms with E-state index in [-0.39, 0.29) is 16.7 Å². The fourth-order valence-electron chi connectivity index (χ4n) is 1.82. The molecule has 0 aromatic heterocycles. The molecule has 1 unspecified atom stereocenters. The minimum atomic E-state index is -0.871. The third-order valence-corrected chi connectivity index (χ3v) is 2.58. The van der Waals surface area contributed by atoms with Gasteiger partial charge in [0.15, 0.2) is 0 Å². The lowest BCUT2D eigenvalue weighted by Gasteiger charge is -2.07. The first-order valence-corrected chi connectivity index (χ1v) is 4.43. The van der Waals surface area contributed by atoms with Crippen LogP contribution in [0, 0.1) is 5.92 Å². The van der Waals surface area contributed by atoms with E-state index in [1.165, 1.54) is 12.2 Å². The lowest BCUT2D eigenvalue weighted by molar-refractivity contribution is -0.152. The zero-order chi connectivity index (χ0) is 11.4. The van der Waals surface area contributed by atoms with Gasteiger partial charge in [-0.15, -0.1) is 0 Å². The molecule has 2 heterocycles. The van der Waals surface area contributed by atoms with Crippen molar-refractivity contribution in [2.75, 3.05) is 0 Å². The molecule has 6 heteroatoms. The molecular formula is C10H4O6. The average molecular weight is 220 g/mol. The van der Waals surface area contributed by atoms with Crippen molar-refractivity contribution in [1.29, 1.82) is 0 Å². The highest BCUT2D eigenvalue weighted by Gasteiger charge is 2.44. The van der Waals surface area contributed by atoms with Crippen molar-refractivity contribution in [2.24, 2.45) is 5.92 Å². The van der Waals surface area contributed by atoms with Crippen molar-refractivity contribution in [3.63, 3.8) is 0 Å². The van der Waals surface area contributed by atoms with Gasteiger partial charge in [-0.25, -0.2) is 9.59 Å². The third-order valence-electron chi connectivity index (χ3n) is 2.58. The molecule has 6 nitrogen and oxygen atoms in total. The fraction of sp³-hybridized carbons (Fsp3) is 0.100. The molecule has 1 atom stereocenters.